The number of hydrogen-bond donors (Lipinski definition) is 1. The summed E-state index contributed by atoms with van der Waals surface area (Å²) in [5.74, 6) is 0.791. The first-order chi connectivity index (χ1) is 10.2. The van der Waals surface area contributed by atoms with E-state index in [9.17, 15) is 4.79 Å². The van der Waals surface area contributed by atoms with Gasteiger partial charge in [0.2, 0.25) is 0 Å². The lowest BCUT2D eigenvalue weighted by Crippen LogP contribution is -1.94. The van der Waals surface area contributed by atoms with E-state index in [1.54, 1.807) is 35.6 Å². The molecule has 0 atom stereocenters. The van der Waals surface area contributed by atoms with Crippen molar-refractivity contribution in [1.29, 1.82) is 0 Å². The molecule has 5 nitrogen and oxygen atoms in total. The van der Waals surface area contributed by atoms with Crippen LogP contribution in [0.4, 0.5) is 0 Å². The number of carbonyl (C=O) groups is 1. The molecule has 7 heteroatoms. The average Bonchev–Trinajstić information content (AvgIpc) is 3.16. The summed E-state index contributed by atoms with van der Waals surface area (Å²) in [5.41, 5.74) is 0.277. The maximum atomic E-state index is 10.8. The van der Waals surface area contributed by atoms with E-state index in [0.29, 0.717) is 17.5 Å². The van der Waals surface area contributed by atoms with Crippen molar-refractivity contribution in [2.45, 2.75) is 10.6 Å². The van der Waals surface area contributed by atoms with Crippen molar-refractivity contribution < 1.29 is 14.4 Å². The van der Waals surface area contributed by atoms with E-state index < -0.39 is 5.97 Å². The molecule has 1 aromatic carbocycles. The SMILES string of the molecule is O=C(O)c1ccc(SCc2noc(-c3cccs3)n2)cc1. The molecule has 0 amide bonds. The summed E-state index contributed by atoms with van der Waals surface area (Å²) < 4.78 is 5.21. The maximum Gasteiger partial charge on any atom is 0.335 e. The van der Waals surface area contributed by atoms with Gasteiger partial charge in [0, 0.05) is 4.90 Å². The number of carboxylic acids is 1. The van der Waals surface area contributed by atoms with Gasteiger partial charge in [0.1, 0.15) is 0 Å². The van der Waals surface area contributed by atoms with Crippen molar-refractivity contribution in [3.63, 3.8) is 0 Å². The summed E-state index contributed by atoms with van der Waals surface area (Å²) in [6, 6.07) is 10.6. The Morgan fingerprint density at radius 3 is 2.76 bits per heavy atom. The fourth-order valence-corrected chi connectivity index (χ4v) is 3.04. The van der Waals surface area contributed by atoms with Crippen molar-refractivity contribution in [2.75, 3.05) is 0 Å². The number of carboxylic acid groups (broad SMARTS) is 1. The minimum atomic E-state index is -0.926. The van der Waals surface area contributed by atoms with Crippen LogP contribution in [-0.4, -0.2) is 21.2 Å². The number of benzene rings is 1. The van der Waals surface area contributed by atoms with E-state index in [1.807, 2.05) is 17.5 Å². The van der Waals surface area contributed by atoms with Crippen LogP contribution in [-0.2, 0) is 5.75 Å². The molecule has 3 aromatic rings. The van der Waals surface area contributed by atoms with Crippen molar-refractivity contribution in [3.05, 3.63) is 53.2 Å². The largest absolute Gasteiger partial charge is 0.478 e. The standard InChI is InChI=1S/C14H10N2O3S2/c17-14(18)9-3-5-10(6-4-9)21-8-12-15-13(19-16-12)11-2-1-7-20-11/h1-7H,8H2,(H,17,18). The number of nitrogens with zero attached hydrogens (tertiary/aromatic N) is 2. The zero-order valence-electron chi connectivity index (χ0n) is 10.7. The molecule has 2 heterocycles. The Morgan fingerprint density at radius 2 is 2.10 bits per heavy atom. The smallest absolute Gasteiger partial charge is 0.335 e. The van der Waals surface area contributed by atoms with Gasteiger partial charge >= 0.3 is 5.97 Å². The van der Waals surface area contributed by atoms with E-state index in [-0.39, 0.29) is 5.56 Å². The quantitative estimate of drug-likeness (QED) is 0.721. The fraction of sp³-hybridized carbons (Fsp3) is 0.0714. The van der Waals surface area contributed by atoms with Crippen LogP contribution in [0.25, 0.3) is 10.8 Å². The molecule has 21 heavy (non-hydrogen) atoms. The Bertz CT molecular complexity index is 736. The van der Waals surface area contributed by atoms with Crippen LogP contribution in [0.15, 0.2) is 51.2 Å². The molecular formula is C14H10N2O3S2. The number of rotatable bonds is 5. The second-order valence-corrected chi connectivity index (χ2v) is 6.11. The van der Waals surface area contributed by atoms with Crippen molar-refractivity contribution >= 4 is 29.1 Å². The third-order valence-electron chi connectivity index (χ3n) is 2.67. The summed E-state index contributed by atoms with van der Waals surface area (Å²) in [6.45, 7) is 0. The van der Waals surface area contributed by atoms with Gasteiger partial charge in [-0.25, -0.2) is 4.79 Å². The molecule has 0 aliphatic carbocycles. The Hall–Kier alpha value is -2.12. The van der Waals surface area contributed by atoms with E-state index >= 15 is 0 Å². The monoisotopic (exact) mass is 318 g/mol. The van der Waals surface area contributed by atoms with Gasteiger partial charge in [0.05, 0.1) is 16.2 Å². The first-order valence-corrected chi connectivity index (χ1v) is 7.91. The molecule has 106 valence electrons. The predicted molar refractivity (Wildman–Crippen MR) is 80.6 cm³/mol. The van der Waals surface area contributed by atoms with Crippen LogP contribution >= 0.6 is 23.1 Å². The van der Waals surface area contributed by atoms with Crippen LogP contribution < -0.4 is 0 Å². The van der Waals surface area contributed by atoms with Gasteiger partial charge in [0.15, 0.2) is 5.82 Å². The first-order valence-electron chi connectivity index (χ1n) is 6.05. The van der Waals surface area contributed by atoms with Crippen LogP contribution in [0.5, 0.6) is 0 Å². The zero-order chi connectivity index (χ0) is 14.7. The molecule has 1 N–H and O–H groups in total. The summed E-state index contributed by atoms with van der Waals surface area (Å²) in [7, 11) is 0. The summed E-state index contributed by atoms with van der Waals surface area (Å²) in [6.07, 6.45) is 0. The molecule has 2 aromatic heterocycles. The highest BCUT2D eigenvalue weighted by Gasteiger charge is 2.10. The van der Waals surface area contributed by atoms with Gasteiger partial charge in [-0.15, -0.1) is 23.1 Å². The zero-order valence-corrected chi connectivity index (χ0v) is 12.4. The molecule has 0 fully saturated rings. The molecule has 0 radical (unpaired) electrons. The lowest BCUT2D eigenvalue weighted by Gasteiger charge is -1.99. The summed E-state index contributed by atoms with van der Waals surface area (Å²) in [5, 5.41) is 14.7. The molecule has 0 aliphatic rings. The van der Waals surface area contributed by atoms with E-state index in [2.05, 4.69) is 10.1 Å². The van der Waals surface area contributed by atoms with Crippen LogP contribution in [0.2, 0.25) is 0 Å². The van der Waals surface area contributed by atoms with Gasteiger partial charge in [0.25, 0.3) is 5.89 Å². The summed E-state index contributed by atoms with van der Waals surface area (Å²) in [4.78, 5) is 17.0. The molecule has 0 saturated heterocycles. The minimum Gasteiger partial charge on any atom is -0.478 e. The van der Waals surface area contributed by atoms with Gasteiger partial charge in [-0.05, 0) is 35.7 Å². The number of thioether (sulfide) groups is 1. The van der Waals surface area contributed by atoms with Gasteiger partial charge in [-0.3, -0.25) is 0 Å². The van der Waals surface area contributed by atoms with Gasteiger partial charge in [-0.1, -0.05) is 11.2 Å². The second kappa shape index (κ2) is 6.11. The minimum absolute atomic E-state index is 0.277. The number of hydrogen-bond acceptors (Lipinski definition) is 6. The average molecular weight is 318 g/mol. The van der Waals surface area contributed by atoms with Crippen LogP contribution in [0, 0.1) is 0 Å². The third kappa shape index (κ3) is 3.32. The second-order valence-electron chi connectivity index (χ2n) is 4.11. The molecular weight excluding hydrogens is 308 g/mol. The Kier molecular flexibility index (Phi) is 4.03. The molecule has 0 saturated carbocycles. The maximum absolute atomic E-state index is 10.8. The van der Waals surface area contributed by atoms with Crippen LogP contribution in [0.1, 0.15) is 16.2 Å². The lowest BCUT2D eigenvalue weighted by molar-refractivity contribution is 0.0697. The molecule has 3 rings (SSSR count). The lowest BCUT2D eigenvalue weighted by atomic mass is 10.2. The molecule has 0 unspecified atom stereocenters. The van der Waals surface area contributed by atoms with Crippen LogP contribution in [0.3, 0.4) is 0 Å². The number of thiophene rings is 1. The first kappa shape index (κ1) is 13.8. The Labute approximate surface area is 128 Å². The van der Waals surface area contributed by atoms with E-state index in [1.165, 1.54) is 11.8 Å². The fourth-order valence-electron chi connectivity index (χ4n) is 1.65. The highest BCUT2D eigenvalue weighted by atomic mass is 32.2. The predicted octanol–water partition coefficient (Wildman–Crippen LogP) is 3.79. The van der Waals surface area contributed by atoms with Gasteiger partial charge in [-0.2, -0.15) is 4.98 Å². The number of aromatic carboxylic acids is 1. The highest BCUT2D eigenvalue weighted by molar-refractivity contribution is 7.98. The molecule has 0 aliphatic heterocycles. The number of aromatic nitrogens is 2. The topological polar surface area (TPSA) is 76.2 Å². The van der Waals surface area contributed by atoms with Crippen molar-refractivity contribution in [2.24, 2.45) is 0 Å². The highest BCUT2D eigenvalue weighted by Crippen LogP contribution is 2.25. The Balaban J connectivity index is 1.64. The van der Waals surface area contributed by atoms with Crippen molar-refractivity contribution in [3.8, 4) is 10.8 Å². The summed E-state index contributed by atoms with van der Waals surface area (Å²) >= 11 is 3.08. The van der Waals surface area contributed by atoms with Crippen molar-refractivity contribution in [1.82, 2.24) is 10.1 Å². The molecule has 0 spiro atoms. The molecule has 0 bridgehead atoms. The third-order valence-corrected chi connectivity index (χ3v) is 4.54. The van der Waals surface area contributed by atoms with E-state index in [4.69, 9.17) is 9.63 Å². The van der Waals surface area contributed by atoms with Gasteiger partial charge < -0.3 is 9.63 Å². The van der Waals surface area contributed by atoms with E-state index in [0.717, 1.165) is 9.77 Å². The Morgan fingerprint density at radius 1 is 1.29 bits per heavy atom. The normalized spacial score (nSPS) is 10.7.